The van der Waals surface area contributed by atoms with Gasteiger partial charge in [0.2, 0.25) is 6.79 Å². The van der Waals surface area contributed by atoms with Gasteiger partial charge in [0.05, 0.1) is 11.6 Å². The summed E-state index contributed by atoms with van der Waals surface area (Å²) in [7, 11) is 1.58. The Labute approximate surface area is 142 Å². The van der Waals surface area contributed by atoms with Gasteiger partial charge in [0, 0.05) is 12.1 Å². The largest absolute Gasteiger partial charge is 0.496 e. The lowest BCUT2D eigenvalue weighted by molar-refractivity contribution is 0.173. The van der Waals surface area contributed by atoms with E-state index in [2.05, 4.69) is 21.2 Å². The molecule has 0 bridgehead atoms. The van der Waals surface area contributed by atoms with Gasteiger partial charge < -0.3 is 19.5 Å². The molecule has 2 aromatic rings. The van der Waals surface area contributed by atoms with Crippen molar-refractivity contribution in [2.75, 3.05) is 20.4 Å². The summed E-state index contributed by atoms with van der Waals surface area (Å²) >= 11 is 3.17. The number of halogens is 2. The lowest BCUT2D eigenvalue weighted by Crippen LogP contribution is -2.17. The third-order valence-corrected chi connectivity index (χ3v) is 4.30. The molecule has 0 spiro atoms. The normalized spacial score (nSPS) is 12.5. The Hall–Kier alpha value is -1.79. The van der Waals surface area contributed by atoms with Gasteiger partial charge >= 0.3 is 0 Å². The maximum atomic E-state index is 13.7. The van der Waals surface area contributed by atoms with Crippen molar-refractivity contribution in [3.05, 3.63) is 51.7 Å². The first-order chi connectivity index (χ1) is 11.2. The molecule has 0 radical (unpaired) electrons. The second kappa shape index (κ2) is 7.19. The van der Waals surface area contributed by atoms with E-state index in [0.29, 0.717) is 29.7 Å². The molecule has 0 unspecified atom stereocenters. The number of para-hydroxylation sites is 1. The lowest BCUT2D eigenvalue weighted by atomic mass is 10.1. The van der Waals surface area contributed by atoms with Crippen LogP contribution in [0, 0.1) is 5.82 Å². The van der Waals surface area contributed by atoms with E-state index in [-0.39, 0.29) is 12.6 Å². The van der Waals surface area contributed by atoms with Crippen molar-refractivity contribution in [3.63, 3.8) is 0 Å². The zero-order valence-electron chi connectivity index (χ0n) is 12.7. The Morgan fingerprint density at radius 2 is 2.13 bits per heavy atom. The lowest BCUT2D eigenvalue weighted by Gasteiger charge is -2.11. The zero-order valence-corrected chi connectivity index (χ0v) is 14.3. The average Bonchev–Trinajstić information content (AvgIpc) is 3.03. The van der Waals surface area contributed by atoms with Gasteiger partial charge in [-0.1, -0.05) is 12.1 Å². The molecule has 122 valence electrons. The number of hydrogen-bond donors (Lipinski definition) is 1. The predicted molar refractivity (Wildman–Crippen MR) is 88.6 cm³/mol. The summed E-state index contributed by atoms with van der Waals surface area (Å²) in [4.78, 5) is 0. The molecular formula is C17H17BrFNO3. The summed E-state index contributed by atoms with van der Waals surface area (Å²) in [5, 5.41) is 3.34. The Bertz CT molecular complexity index is 708. The van der Waals surface area contributed by atoms with Crippen molar-refractivity contribution in [1.29, 1.82) is 0 Å². The molecule has 4 nitrogen and oxygen atoms in total. The smallest absolute Gasteiger partial charge is 0.231 e. The quantitative estimate of drug-likeness (QED) is 0.776. The number of fused-ring (bicyclic) bond motifs is 1. The minimum absolute atomic E-state index is 0.266. The first kappa shape index (κ1) is 16.1. The number of nitrogens with one attached hydrogen (secondary N) is 1. The number of ether oxygens (including phenoxy) is 3. The second-order valence-corrected chi connectivity index (χ2v) is 6.01. The Morgan fingerprint density at radius 1 is 1.26 bits per heavy atom. The van der Waals surface area contributed by atoms with Crippen LogP contribution in [0.1, 0.15) is 11.1 Å². The molecule has 1 aliphatic rings. The second-order valence-electron chi connectivity index (χ2n) is 5.16. The van der Waals surface area contributed by atoms with Crippen LogP contribution in [-0.2, 0) is 13.0 Å². The van der Waals surface area contributed by atoms with Crippen molar-refractivity contribution < 1.29 is 18.6 Å². The van der Waals surface area contributed by atoms with Crippen LogP contribution in [0.15, 0.2) is 34.8 Å². The zero-order chi connectivity index (χ0) is 16.2. The molecule has 0 saturated heterocycles. The summed E-state index contributed by atoms with van der Waals surface area (Å²) in [6.07, 6.45) is 0.666. The van der Waals surface area contributed by atoms with Gasteiger partial charge in [-0.15, -0.1) is 0 Å². The fourth-order valence-corrected chi connectivity index (χ4v) is 2.85. The minimum Gasteiger partial charge on any atom is -0.496 e. The van der Waals surface area contributed by atoms with Gasteiger partial charge in [0.25, 0.3) is 0 Å². The maximum absolute atomic E-state index is 13.7. The molecule has 0 saturated carbocycles. The highest BCUT2D eigenvalue weighted by Crippen LogP contribution is 2.35. The van der Waals surface area contributed by atoms with E-state index in [1.807, 2.05) is 18.2 Å². The molecule has 0 aromatic heterocycles. The van der Waals surface area contributed by atoms with Crippen LogP contribution in [0.4, 0.5) is 4.39 Å². The van der Waals surface area contributed by atoms with E-state index in [4.69, 9.17) is 14.2 Å². The standard InChI is InChI=1S/C17H17BrFNO3/c1-21-16-8-13(18)14(19)7-11(16)5-6-20-9-12-3-2-4-15-17(12)23-10-22-15/h2-4,7-8,20H,5-6,9-10H2,1H3/i19-1. The van der Waals surface area contributed by atoms with E-state index >= 15 is 0 Å². The molecule has 1 N–H and O–H groups in total. The SMILES string of the molecule is COc1cc(Br)c([18F])cc1CCNCc1cccc2c1OCO2. The molecular weight excluding hydrogens is 364 g/mol. The predicted octanol–water partition coefficient (Wildman–Crippen LogP) is 3.66. The molecule has 6 heteroatoms. The van der Waals surface area contributed by atoms with Gasteiger partial charge in [-0.2, -0.15) is 0 Å². The van der Waals surface area contributed by atoms with E-state index in [9.17, 15) is 4.39 Å². The Balaban J connectivity index is 1.58. The minimum atomic E-state index is -0.285. The summed E-state index contributed by atoms with van der Waals surface area (Å²) in [6, 6.07) is 8.99. The van der Waals surface area contributed by atoms with Crippen LogP contribution in [0.2, 0.25) is 0 Å². The highest BCUT2D eigenvalue weighted by molar-refractivity contribution is 9.10. The molecule has 3 rings (SSSR count). The summed E-state index contributed by atoms with van der Waals surface area (Å²) in [6.45, 7) is 1.62. The Morgan fingerprint density at radius 3 is 2.96 bits per heavy atom. The fraction of sp³-hybridized carbons (Fsp3) is 0.294. The van der Waals surface area contributed by atoms with Crippen molar-refractivity contribution >= 4 is 15.9 Å². The molecule has 0 aliphatic carbocycles. The van der Waals surface area contributed by atoms with Crippen molar-refractivity contribution in [3.8, 4) is 17.2 Å². The molecule has 23 heavy (non-hydrogen) atoms. The van der Waals surface area contributed by atoms with E-state index in [0.717, 1.165) is 22.6 Å². The maximum Gasteiger partial charge on any atom is 0.231 e. The first-order valence-electron chi connectivity index (χ1n) is 7.29. The van der Waals surface area contributed by atoms with Crippen LogP contribution < -0.4 is 19.5 Å². The highest BCUT2D eigenvalue weighted by Gasteiger charge is 2.16. The van der Waals surface area contributed by atoms with E-state index < -0.39 is 0 Å². The van der Waals surface area contributed by atoms with Gasteiger partial charge in [-0.25, -0.2) is 4.39 Å². The number of hydrogen-bond acceptors (Lipinski definition) is 4. The van der Waals surface area contributed by atoms with Crippen LogP contribution in [0.3, 0.4) is 0 Å². The number of rotatable bonds is 6. The highest BCUT2D eigenvalue weighted by atomic mass is 79.9. The van der Waals surface area contributed by atoms with Crippen LogP contribution in [0.25, 0.3) is 0 Å². The summed E-state index contributed by atoms with van der Waals surface area (Å²) in [5.74, 6) is 1.97. The van der Waals surface area contributed by atoms with Crippen molar-refractivity contribution in [2.24, 2.45) is 0 Å². The average molecular weight is 381 g/mol. The monoisotopic (exact) mass is 380 g/mol. The molecule has 1 heterocycles. The molecule has 2 aromatic carbocycles. The molecule has 1 aliphatic heterocycles. The van der Waals surface area contributed by atoms with Crippen LogP contribution in [-0.4, -0.2) is 20.4 Å². The number of benzene rings is 2. The van der Waals surface area contributed by atoms with Crippen LogP contribution >= 0.6 is 15.9 Å². The van der Waals surface area contributed by atoms with Gasteiger partial charge in [0.15, 0.2) is 11.5 Å². The van der Waals surface area contributed by atoms with E-state index in [1.165, 1.54) is 6.07 Å². The van der Waals surface area contributed by atoms with Crippen LogP contribution in [0.5, 0.6) is 17.2 Å². The van der Waals surface area contributed by atoms with Gasteiger partial charge in [0.1, 0.15) is 11.6 Å². The number of methoxy groups -OCH3 is 1. The topological polar surface area (TPSA) is 39.7 Å². The fourth-order valence-electron chi connectivity index (χ4n) is 2.53. The summed E-state index contributed by atoms with van der Waals surface area (Å²) in [5.41, 5.74) is 1.88. The molecule has 0 atom stereocenters. The Kier molecular flexibility index (Phi) is 5.03. The molecule has 0 fully saturated rings. The third kappa shape index (κ3) is 3.59. The third-order valence-electron chi connectivity index (χ3n) is 3.69. The summed E-state index contributed by atoms with van der Waals surface area (Å²) < 4.78 is 30.2. The van der Waals surface area contributed by atoms with E-state index in [1.54, 1.807) is 13.2 Å². The molecule has 0 amide bonds. The van der Waals surface area contributed by atoms with Crippen molar-refractivity contribution in [2.45, 2.75) is 13.0 Å². The van der Waals surface area contributed by atoms with Gasteiger partial charge in [-0.05, 0) is 52.7 Å². The first-order valence-corrected chi connectivity index (χ1v) is 8.08. The van der Waals surface area contributed by atoms with Crippen molar-refractivity contribution in [1.82, 2.24) is 5.32 Å². The van der Waals surface area contributed by atoms with Gasteiger partial charge in [-0.3, -0.25) is 0 Å².